The van der Waals surface area contributed by atoms with E-state index in [-0.39, 0.29) is 19.5 Å². The molecule has 0 bridgehead atoms. The minimum Gasteiger partial charge on any atom is -0.396 e. The Morgan fingerprint density at radius 1 is 0.833 bits per heavy atom. The van der Waals surface area contributed by atoms with Gasteiger partial charge in [0.1, 0.15) is 0 Å². The normalized spacial score (nSPS) is 7.67. The Labute approximate surface area is 118 Å². The number of unbranched alkanes of at least 4 members (excludes halogenated alkanes) is 5. The van der Waals surface area contributed by atoms with Gasteiger partial charge in [0.2, 0.25) is 0 Å². The number of rotatable bonds is 6. The fourth-order valence-electron chi connectivity index (χ4n) is 0.892. The van der Waals surface area contributed by atoms with E-state index in [0.29, 0.717) is 6.61 Å². The van der Waals surface area contributed by atoms with E-state index in [1.807, 2.05) is 0 Å². The van der Waals surface area contributed by atoms with Gasteiger partial charge in [0.25, 0.3) is 0 Å². The molecule has 18 heavy (non-hydrogen) atoms. The summed E-state index contributed by atoms with van der Waals surface area (Å²) >= 11 is 0. The molecule has 0 aliphatic heterocycles. The van der Waals surface area contributed by atoms with Crippen LogP contribution in [0.4, 0.5) is 0 Å². The van der Waals surface area contributed by atoms with Gasteiger partial charge < -0.3 is 35.7 Å². The number of hydrogen-bond acceptors (Lipinski definition) is 7. The molecule has 0 saturated heterocycles. The molecule has 10 heteroatoms. The van der Waals surface area contributed by atoms with Gasteiger partial charge in [-0.15, -0.1) is 0 Å². The van der Waals surface area contributed by atoms with Gasteiger partial charge in [-0.1, -0.05) is 39.0 Å². The first-order chi connectivity index (χ1) is 7.88. The van der Waals surface area contributed by atoms with Crippen molar-refractivity contribution in [3.05, 3.63) is 30.6 Å². The first kappa shape index (κ1) is 25.7. The predicted molar refractivity (Wildman–Crippen MR) is 61.2 cm³/mol. The average molecular weight is 320 g/mol. The summed E-state index contributed by atoms with van der Waals surface area (Å²) in [6, 6.07) is 0. The maximum absolute atomic E-state index is 8.42. The van der Waals surface area contributed by atoms with E-state index in [1.54, 1.807) is 0 Å². The molecule has 0 aliphatic rings. The average Bonchev–Trinajstić information content (AvgIpc) is 2.16. The van der Waals surface area contributed by atoms with Crippen LogP contribution in [0.3, 0.4) is 0 Å². The molecule has 0 saturated carbocycles. The van der Waals surface area contributed by atoms with Gasteiger partial charge in [-0.3, -0.25) is 0 Å². The Morgan fingerprint density at radius 3 is 1.39 bits per heavy atom. The predicted octanol–water partition coefficient (Wildman–Crippen LogP) is 1.86. The molecular weight excluding hydrogens is 301 g/mol. The standard InChI is InChI=1S/C8H18O.2NO3.Zn/c1-2-3-4-5-6-7-8-9;2*2-1(3)4;/h9H,2-8H2,1H3;;;/q;2*-1;+2. The molecule has 0 fully saturated rings. The third kappa shape index (κ3) is 118. The van der Waals surface area contributed by atoms with Crippen molar-refractivity contribution in [1.82, 2.24) is 0 Å². The van der Waals surface area contributed by atoms with Crippen molar-refractivity contribution in [2.24, 2.45) is 0 Å². The second kappa shape index (κ2) is 25.0. The molecule has 0 aromatic heterocycles. The quantitative estimate of drug-likeness (QED) is 0.339. The van der Waals surface area contributed by atoms with Crippen LogP contribution in [0.5, 0.6) is 0 Å². The second-order valence-corrected chi connectivity index (χ2v) is 2.94. The number of aliphatic hydroxyl groups is 1. The summed E-state index contributed by atoms with van der Waals surface area (Å²) in [5.74, 6) is 0. The summed E-state index contributed by atoms with van der Waals surface area (Å²) in [4.78, 5) is 16.5. The summed E-state index contributed by atoms with van der Waals surface area (Å²) < 4.78 is 0. The number of hydrogen-bond donors (Lipinski definition) is 1. The van der Waals surface area contributed by atoms with Crippen LogP contribution < -0.4 is 0 Å². The topological polar surface area (TPSA) is 153 Å². The van der Waals surface area contributed by atoms with Crippen molar-refractivity contribution in [3.63, 3.8) is 0 Å². The van der Waals surface area contributed by atoms with E-state index in [4.69, 9.17) is 35.7 Å². The van der Waals surface area contributed by atoms with Crippen LogP contribution in [0, 0.1) is 30.6 Å². The van der Waals surface area contributed by atoms with Crippen LogP contribution in [0.25, 0.3) is 0 Å². The fourth-order valence-corrected chi connectivity index (χ4v) is 0.892. The SMILES string of the molecule is CCCCCCCCO.O=[N+]([O-])[O-].O=[N+]([O-])[O-].[Zn+2]. The van der Waals surface area contributed by atoms with Crippen molar-refractivity contribution in [2.75, 3.05) is 6.61 Å². The van der Waals surface area contributed by atoms with Gasteiger partial charge in [-0.05, 0) is 6.42 Å². The third-order valence-electron chi connectivity index (χ3n) is 1.51. The van der Waals surface area contributed by atoms with Crippen molar-refractivity contribution >= 4 is 0 Å². The molecule has 104 valence electrons. The largest absolute Gasteiger partial charge is 2.00 e. The monoisotopic (exact) mass is 318 g/mol. The van der Waals surface area contributed by atoms with Gasteiger partial charge in [0.05, 0.1) is 10.2 Å². The molecular formula is C8H18N2O7Zn. The first-order valence-electron chi connectivity index (χ1n) is 5.12. The van der Waals surface area contributed by atoms with Crippen molar-refractivity contribution in [1.29, 1.82) is 0 Å². The molecule has 0 aromatic carbocycles. The summed E-state index contributed by atoms with van der Waals surface area (Å²) in [7, 11) is 0. The van der Waals surface area contributed by atoms with Crippen molar-refractivity contribution < 1.29 is 34.8 Å². The van der Waals surface area contributed by atoms with Crippen molar-refractivity contribution in [3.8, 4) is 0 Å². The molecule has 0 unspecified atom stereocenters. The fraction of sp³-hybridized carbons (Fsp3) is 1.00. The second-order valence-electron chi connectivity index (χ2n) is 2.94. The zero-order valence-corrected chi connectivity index (χ0v) is 13.4. The van der Waals surface area contributed by atoms with Crippen LogP contribution >= 0.6 is 0 Å². The molecule has 0 spiro atoms. The first-order valence-corrected chi connectivity index (χ1v) is 5.12. The molecule has 0 aromatic rings. The summed E-state index contributed by atoms with van der Waals surface area (Å²) in [5.41, 5.74) is 0. The van der Waals surface area contributed by atoms with Crippen molar-refractivity contribution in [2.45, 2.75) is 45.4 Å². The van der Waals surface area contributed by atoms with E-state index in [1.165, 1.54) is 32.1 Å². The van der Waals surface area contributed by atoms with Crippen LogP contribution in [0.15, 0.2) is 0 Å². The van der Waals surface area contributed by atoms with Crippen LogP contribution in [0.2, 0.25) is 0 Å². The van der Waals surface area contributed by atoms with Gasteiger partial charge in [0, 0.05) is 6.61 Å². The summed E-state index contributed by atoms with van der Waals surface area (Å²) in [6.45, 7) is 2.58. The van der Waals surface area contributed by atoms with E-state index in [2.05, 4.69) is 6.92 Å². The Kier molecular flexibility index (Phi) is 35.7. The zero-order valence-electron chi connectivity index (χ0n) is 10.4. The third-order valence-corrected chi connectivity index (χ3v) is 1.51. The molecule has 0 atom stereocenters. The van der Waals surface area contributed by atoms with E-state index in [9.17, 15) is 0 Å². The Balaban J connectivity index is -0.0000000922. The molecule has 9 nitrogen and oxygen atoms in total. The van der Waals surface area contributed by atoms with E-state index in [0.717, 1.165) is 6.42 Å². The van der Waals surface area contributed by atoms with Crippen LogP contribution in [-0.2, 0) is 19.5 Å². The molecule has 0 rings (SSSR count). The molecule has 0 aliphatic carbocycles. The smallest absolute Gasteiger partial charge is 0.396 e. The molecule has 0 radical (unpaired) electrons. The zero-order chi connectivity index (χ0) is 14.1. The van der Waals surface area contributed by atoms with Gasteiger partial charge in [0.15, 0.2) is 0 Å². The summed E-state index contributed by atoms with van der Waals surface area (Å²) in [6.07, 6.45) is 7.50. The minimum absolute atomic E-state index is 0. The Morgan fingerprint density at radius 2 is 1.11 bits per heavy atom. The molecule has 0 amide bonds. The van der Waals surface area contributed by atoms with Crippen LogP contribution in [-0.4, -0.2) is 21.9 Å². The Bertz CT molecular complexity index is 157. The number of aliphatic hydroxyl groups excluding tert-OH is 1. The Hall–Kier alpha value is -1.02. The van der Waals surface area contributed by atoms with Crippen LogP contribution in [0.1, 0.15) is 45.4 Å². The summed E-state index contributed by atoms with van der Waals surface area (Å²) in [5, 5.41) is 37.9. The minimum atomic E-state index is -1.75. The molecule has 0 heterocycles. The number of nitrogens with zero attached hydrogens (tertiary/aromatic N) is 2. The van der Waals surface area contributed by atoms with E-state index < -0.39 is 10.2 Å². The van der Waals surface area contributed by atoms with Gasteiger partial charge in [-0.25, -0.2) is 0 Å². The maximum Gasteiger partial charge on any atom is 2.00 e. The van der Waals surface area contributed by atoms with Gasteiger partial charge >= 0.3 is 19.5 Å². The molecule has 1 N–H and O–H groups in total. The van der Waals surface area contributed by atoms with E-state index >= 15 is 0 Å². The van der Waals surface area contributed by atoms with Gasteiger partial charge in [-0.2, -0.15) is 0 Å². The maximum atomic E-state index is 8.42.